The lowest BCUT2D eigenvalue weighted by atomic mass is 10.1. The molecule has 0 spiro atoms. The maximum atomic E-state index is 12.1. The molecule has 0 atom stereocenters. The fourth-order valence-corrected chi connectivity index (χ4v) is 1.94. The lowest BCUT2D eigenvalue weighted by molar-refractivity contribution is -0.151. The number of ketones is 2. The van der Waals surface area contributed by atoms with Gasteiger partial charge in [0.25, 0.3) is 0 Å². The lowest BCUT2D eigenvalue weighted by Crippen LogP contribution is -2.19. The van der Waals surface area contributed by atoms with Crippen LogP contribution in [0, 0.1) is 6.92 Å². The minimum absolute atomic E-state index is 0.316. The first kappa shape index (κ1) is 14.6. The standard InChI is InChI=1S/C15H14N2O4/c1-10-12(13(18)8-14(19)15(20)21-2)9-16-17(10)11-6-4-3-5-7-11/h3-7,9H,8H2,1-2H3. The Morgan fingerprint density at radius 3 is 2.48 bits per heavy atom. The smallest absolute Gasteiger partial charge is 0.374 e. The number of ether oxygens (including phenoxy) is 1. The first-order valence-corrected chi connectivity index (χ1v) is 6.29. The van der Waals surface area contributed by atoms with Crippen LogP contribution in [-0.2, 0) is 14.3 Å². The van der Waals surface area contributed by atoms with E-state index in [4.69, 9.17) is 0 Å². The third-order valence-corrected chi connectivity index (χ3v) is 3.05. The van der Waals surface area contributed by atoms with Crippen LogP contribution in [0.15, 0.2) is 36.5 Å². The van der Waals surface area contributed by atoms with Gasteiger partial charge in [-0.2, -0.15) is 5.10 Å². The molecule has 2 aromatic rings. The van der Waals surface area contributed by atoms with Crippen LogP contribution in [0.25, 0.3) is 5.69 Å². The highest BCUT2D eigenvalue weighted by Crippen LogP contribution is 2.15. The molecule has 0 saturated carbocycles. The topological polar surface area (TPSA) is 78.3 Å². The highest BCUT2D eigenvalue weighted by atomic mass is 16.5. The van der Waals surface area contributed by atoms with Gasteiger partial charge in [0.05, 0.1) is 36.7 Å². The number of methoxy groups -OCH3 is 1. The van der Waals surface area contributed by atoms with Crippen molar-refractivity contribution < 1.29 is 19.1 Å². The zero-order chi connectivity index (χ0) is 15.4. The van der Waals surface area contributed by atoms with Crippen LogP contribution in [0.4, 0.5) is 0 Å². The van der Waals surface area contributed by atoms with Gasteiger partial charge in [-0.15, -0.1) is 0 Å². The van der Waals surface area contributed by atoms with Crippen molar-refractivity contribution in [3.63, 3.8) is 0 Å². The van der Waals surface area contributed by atoms with Gasteiger partial charge in [-0.05, 0) is 19.1 Å². The van der Waals surface area contributed by atoms with E-state index in [1.54, 1.807) is 11.6 Å². The molecular formula is C15H14N2O4. The Bertz CT molecular complexity index is 689. The van der Waals surface area contributed by atoms with Gasteiger partial charge in [-0.25, -0.2) is 9.48 Å². The molecule has 6 nitrogen and oxygen atoms in total. The number of esters is 1. The first-order chi connectivity index (χ1) is 10.0. The normalized spacial score (nSPS) is 10.2. The average Bonchev–Trinajstić information content (AvgIpc) is 2.88. The Labute approximate surface area is 121 Å². The van der Waals surface area contributed by atoms with Crippen molar-refractivity contribution >= 4 is 17.5 Å². The summed E-state index contributed by atoms with van der Waals surface area (Å²) in [6.07, 6.45) is 0.878. The van der Waals surface area contributed by atoms with Gasteiger partial charge in [0, 0.05) is 0 Å². The second-order valence-corrected chi connectivity index (χ2v) is 4.41. The Morgan fingerprint density at radius 1 is 1.19 bits per heavy atom. The van der Waals surface area contributed by atoms with Crippen LogP contribution in [0.5, 0.6) is 0 Å². The van der Waals surface area contributed by atoms with E-state index in [9.17, 15) is 14.4 Å². The molecule has 1 aromatic carbocycles. The van der Waals surface area contributed by atoms with Gasteiger partial charge >= 0.3 is 5.97 Å². The van der Waals surface area contributed by atoms with Crippen LogP contribution in [-0.4, -0.2) is 34.4 Å². The van der Waals surface area contributed by atoms with E-state index in [-0.39, 0.29) is 0 Å². The Balaban J connectivity index is 2.23. The number of carbonyl (C=O) groups is 3. The van der Waals surface area contributed by atoms with Gasteiger partial charge < -0.3 is 4.74 Å². The number of aromatic nitrogens is 2. The molecule has 0 fully saturated rings. The van der Waals surface area contributed by atoms with Crippen molar-refractivity contribution in [2.24, 2.45) is 0 Å². The lowest BCUT2D eigenvalue weighted by Gasteiger charge is -2.04. The summed E-state index contributed by atoms with van der Waals surface area (Å²) in [5, 5.41) is 4.15. The Hall–Kier alpha value is -2.76. The number of nitrogens with zero attached hydrogens (tertiary/aromatic N) is 2. The van der Waals surface area contributed by atoms with E-state index in [0.29, 0.717) is 11.3 Å². The minimum Gasteiger partial charge on any atom is -0.463 e. The molecule has 0 radical (unpaired) electrons. The number of hydrogen-bond acceptors (Lipinski definition) is 5. The second-order valence-electron chi connectivity index (χ2n) is 4.41. The fourth-order valence-electron chi connectivity index (χ4n) is 1.94. The zero-order valence-electron chi connectivity index (χ0n) is 11.7. The van der Waals surface area contributed by atoms with E-state index < -0.39 is 24.0 Å². The predicted octanol–water partition coefficient (Wildman–Crippen LogP) is 1.50. The van der Waals surface area contributed by atoms with Crippen molar-refractivity contribution in [1.82, 2.24) is 9.78 Å². The quantitative estimate of drug-likeness (QED) is 0.360. The molecule has 2 rings (SSSR count). The summed E-state index contributed by atoms with van der Waals surface area (Å²) in [6.45, 7) is 1.73. The number of carbonyl (C=O) groups excluding carboxylic acids is 3. The van der Waals surface area contributed by atoms with Crippen molar-refractivity contribution in [3.05, 3.63) is 47.8 Å². The van der Waals surface area contributed by atoms with Crippen molar-refractivity contribution in [3.8, 4) is 5.69 Å². The van der Waals surface area contributed by atoms with Crippen LogP contribution >= 0.6 is 0 Å². The van der Waals surface area contributed by atoms with E-state index in [1.165, 1.54) is 6.20 Å². The molecule has 6 heteroatoms. The molecule has 0 bridgehead atoms. The Kier molecular flexibility index (Phi) is 4.27. The van der Waals surface area contributed by atoms with Gasteiger partial charge in [-0.1, -0.05) is 18.2 Å². The molecule has 1 aromatic heterocycles. The van der Waals surface area contributed by atoms with Crippen LogP contribution in [0.3, 0.4) is 0 Å². The Morgan fingerprint density at radius 2 is 1.86 bits per heavy atom. The maximum Gasteiger partial charge on any atom is 0.374 e. The van der Waals surface area contributed by atoms with Gasteiger partial charge in [-0.3, -0.25) is 9.59 Å². The average molecular weight is 286 g/mol. The molecule has 0 amide bonds. The van der Waals surface area contributed by atoms with Crippen molar-refractivity contribution in [2.75, 3.05) is 7.11 Å². The van der Waals surface area contributed by atoms with E-state index in [1.807, 2.05) is 30.3 Å². The van der Waals surface area contributed by atoms with Crippen LogP contribution in [0.1, 0.15) is 22.5 Å². The molecule has 1 heterocycles. The molecule has 0 aliphatic carbocycles. The molecule has 0 aliphatic rings. The molecule has 0 aliphatic heterocycles. The number of benzene rings is 1. The summed E-state index contributed by atoms with van der Waals surface area (Å²) in [5.74, 6) is -2.34. The van der Waals surface area contributed by atoms with Crippen molar-refractivity contribution in [2.45, 2.75) is 13.3 Å². The largest absolute Gasteiger partial charge is 0.463 e. The number of Topliss-reactive ketones (excluding diaryl/α,β-unsaturated/α-hetero) is 2. The second kappa shape index (κ2) is 6.13. The molecule has 21 heavy (non-hydrogen) atoms. The summed E-state index contributed by atoms with van der Waals surface area (Å²) >= 11 is 0. The third-order valence-electron chi connectivity index (χ3n) is 3.05. The third kappa shape index (κ3) is 3.05. The van der Waals surface area contributed by atoms with E-state index in [2.05, 4.69) is 9.84 Å². The van der Waals surface area contributed by atoms with Gasteiger partial charge in [0.2, 0.25) is 5.78 Å². The zero-order valence-corrected chi connectivity index (χ0v) is 11.7. The summed E-state index contributed by atoms with van der Waals surface area (Å²) < 4.78 is 5.90. The molecule has 0 unspecified atom stereocenters. The van der Waals surface area contributed by atoms with E-state index in [0.717, 1.165) is 12.8 Å². The number of hydrogen-bond donors (Lipinski definition) is 0. The molecule has 0 N–H and O–H groups in total. The van der Waals surface area contributed by atoms with Crippen molar-refractivity contribution in [1.29, 1.82) is 0 Å². The summed E-state index contributed by atoms with van der Waals surface area (Å²) in [6, 6.07) is 9.31. The SMILES string of the molecule is COC(=O)C(=O)CC(=O)c1cnn(-c2ccccc2)c1C. The number of para-hydroxylation sites is 1. The maximum absolute atomic E-state index is 12.1. The van der Waals surface area contributed by atoms with Gasteiger partial charge in [0.15, 0.2) is 5.78 Å². The summed E-state index contributed by atoms with van der Waals surface area (Å²) in [7, 11) is 1.10. The molecule has 0 saturated heterocycles. The van der Waals surface area contributed by atoms with E-state index >= 15 is 0 Å². The summed E-state index contributed by atoms with van der Waals surface area (Å²) in [5.41, 5.74) is 1.74. The first-order valence-electron chi connectivity index (χ1n) is 6.29. The summed E-state index contributed by atoms with van der Waals surface area (Å²) in [4.78, 5) is 34.5. The monoisotopic (exact) mass is 286 g/mol. The highest BCUT2D eigenvalue weighted by molar-refractivity contribution is 6.38. The predicted molar refractivity (Wildman–Crippen MR) is 74.3 cm³/mol. The number of rotatable bonds is 5. The van der Waals surface area contributed by atoms with Crippen LogP contribution in [0.2, 0.25) is 0 Å². The minimum atomic E-state index is -1.02. The van der Waals surface area contributed by atoms with Gasteiger partial charge in [0.1, 0.15) is 0 Å². The highest BCUT2D eigenvalue weighted by Gasteiger charge is 2.22. The molecular weight excluding hydrogens is 272 g/mol. The fraction of sp³-hybridized carbons (Fsp3) is 0.200. The molecule has 108 valence electrons. The van der Waals surface area contributed by atoms with Crippen LogP contribution < -0.4 is 0 Å².